The Bertz CT molecular complexity index is 363. The van der Waals surface area contributed by atoms with Crippen molar-refractivity contribution in [1.82, 2.24) is 0 Å². The van der Waals surface area contributed by atoms with Crippen LogP contribution in [-0.4, -0.2) is 12.6 Å². The number of allylic oxidation sites excluding steroid dienone is 3. The molecule has 2 aliphatic carbocycles. The largest absolute Gasteiger partial charge is 0.461 e. The Morgan fingerprint density at radius 3 is 2.76 bits per heavy atom. The highest BCUT2D eigenvalue weighted by Crippen LogP contribution is 2.27. The first-order chi connectivity index (χ1) is 8.16. The molecule has 0 fully saturated rings. The van der Waals surface area contributed by atoms with Crippen LogP contribution in [-0.2, 0) is 9.53 Å². The fourth-order valence-corrected chi connectivity index (χ4v) is 2.61. The van der Waals surface area contributed by atoms with Crippen molar-refractivity contribution in [2.75, 3.05) is 6.61 Å². The lowest BCUT2D eigenvalue weighted by Gasteiger charge is -2.19. The Balaban J connectivity index is 1.80. The minimum absolute atomic E-state index is 0.000880. The summed E-state index contributed by atoms with van der Waals surface area (Å²) >= 11 is 0. The van der Waals surface area contributed by atoms with E-state index in [1.165, 1.54) is 29.6 Å². The van der Waals surface area contributed by atoms with Crippen molar-refractivity contribution in [2.24, 2.45) is 5.92 Å². The molecule has 17 heavy (non-hydrogen) atoms. The van der Waals surface area contributed by atoms with E-state index in [1.54, 1.807) is 0 Å². The van der Waals surface area contributed by atoms with Crippen LogP contribution in [0.15, 0.2) is 22.8 Å². The summed E-state index contributed by atoms with van der Waals surface area (Å²) in [6.07, 6.45) is 8.56. The zero-order valence-electron chi connectivity index (χ0n) is 10.9. The van der Waals surface area contributed by atoms with Crippen LogP contribution in [0.5, 0.6) is 0 Å². The Labute approximate surface area is 104 Å². The smallest absolute Gasteiger partial charge is 0.309 e. The third kappa shape index (κ3) is 3.21. The molecule has 0 aromatic heterocycles. The van der Waals surface area contributed by atoms with E-state index >= 15 is 0 Å². The van der Waals surface area contributed by atoms with E-state index in [0.29, 0.717) is 6.61 Å². The van der Waals surface area contributed by atoms with E-state index in [2.05, 4.69) is 19.9 Å². The van der Waals surface area contributed by atoms with Gasteiger partial charge in [0, 0.05) is 0 Å². The van der Waals surface area contributed by atoms with Crippen LogP contribution in [0.4, 0.5) is 0 Å². The van der Waals surface area contributed by atoms with Crippen LogP contribution >= 0.6 is 0 Å². The maximum absolute atomic E-state index is 11.9. The molecule has 2 heteroatoms. The highest BCUT2D eigenvalue weighted by Gasteiger charge is 2.22. The van der Waals surface area contributed by atoms with E-state index in [0.717, 1.165) is 25.7 Å². The molecule has 0 aromatic rings. The van der Waals surface area contributed by atoms with Gasteiger partial charge in [-0.2, -0.15) is 0 Å². The fourth-order valence-electron chi connectivity index (χ4n) is 2.61. The average molecular weight is 234 g/mol. The molecule has 0 radical (unpaired) electrons. The number of carbonyl (C=O) groups is 1. The minimum Gasteiger partial charge on any atom is -0.461 e. The Morgan fingerprint density at radius 2 is 2.18 bits per heavy atom. The summed E-state index contributed by atoms with van der Waals surface area (Å²) in [5.74, 6) is 0.0990. The molecule has 0 aliphatic heterocycles. The number of carbonyl (C=O) groups excluding carboxylic acids is 1. The summed E-state index contributed by atoms with van der Waals surface area (Å²) in [5, 5.41) is 0. The highest BCUT2D eigenvalue weighted by molar-refractivity contribution is 5.73. The summed E-state index contributed by atoms with van der Waals surface area (Å²) in [5.41, 5.74) is 4.18. The number of hydrogen-bond acceptors (Lipinski definition) is 2. The van der Waals surface area contributed by atoms with Crippen LogP contribution < -0.4 is 0 Å². The first-order valence-electron chi connectivity index (χ1n) is 6.66. The normalized spacial score (nSPS) is 24.8. The van der Waals surface area contributed by atoms with Crippen molar-refractivity contribution >= 4 is 5.97 Å². The highest BCUT2D eigenvalue weighted by atomic mass is 16.5. The molecule has 1 unspecified atom stereocenters. The maximum Gasteiger partial charge on any atom is 0.309 e. The second-order valence-corrected chi connectivity index (χ2v) is 5.37. The molecule has 0 saturated heterocycles. The molecule has 0 spiro atoms. The first kappa shape index (κ1) is 12.4. The Kier molecular flexibility index (Phi) is 4.03. The van der Waals surface area contributed by atoms with Gasteiger partial charge in [-0.05, 0) is 57.9 Å². The summed E-state index contributed by atoms with van der Waals surface area (Å²) in [4.78, 5) is 11.9. The van der Waals surface area contributed by atoms with Gasteiger partial charge in [-0.1, -0.05) is 17.2 Å². The van der Waals surface area contributed by atoms with Gasteiger partial charge in [0.1, 0.15) is 6.61 Å². The average Bonchev–Trinajstić information content (AvgIpc) is 2.73. The van der Waals surface area contributed by atoms with Crippen molar-refractivity contribution in [3.05, 3.63) is 22.8 Å². The summed E-state index contributed by atoms with van der Waals surface area (Å²) in [7, 11) is 0. The number of esters is 1. The van der Waals surface area contributed by atoms with Crippen molar-refractivity contribution in [3.8, 4) is 0 Å². The Hall–Kier alpha value is -1.05. The predicted molar refractivity (Wildman–Crippen MR) is 68.6 cm³/mol. The minimum atomic E-state index is 0.000880. The van der Waals surface area contributed by atoms with Crippen molar-refractivity contribution < 1.29 is 9.53 Å². The SMILES string of the molecule is CC1=CCC(C(=O)OCC2=C(C)CCC2)CC1. The molecular weight excluding hydrogens is 212 g/mol. The summed E-state index contributed by atoms with van der Waals surface area (Å²) in [6, 6.07) is 0. The van der Waals surface area contributed by atoms with Gasteiger partial charge in [-0.25, -0.2) is 0 Å². The lowest BCUT2D eigenvalue weighted by molar-refractivity contribution is -0.147. The van der Waals surface area contributed by atoms with Crippen LogP contribution in [0, 0.1) is 5.92 Å². The van der Waals surface area contributed by atoms with E-state index < -0.39 is 0 Å². The third-order valence-electron chi connectivity index (χ3n) is 3.99. The zero-order chi connectivity index (χ0) is 12.3. The molecule has 0 N–H and O–H groups in total. The topological polar surface area (TPSA) is 26.3 Å². The van der Waals surface area contributed by atoms with Crippen molar-refractivity contribution in [3.63, 3.8) is 0 Å². The van der Waals surface area contributed by atoms with Gasteiger partial charge >= 0.3 is 5.97 Å². The fraction of sp³-hybridized carbons (Fsp3) is 0.667. The lowest BCUT2D eigenvalue weighted by Crippen LogP contribution is -2.20. The van der Waals surface area contributed by atoms with Crippen molar-refractivity contribution in [1.29, 1.82) is 0 Å². The molecule has 0 saturated carbocycles. The van der Waals surface area contributed by atoms with Gasteiger partial charge in [0.25, 0.3) is 0 Å². The standard InChI is InChI=1S/C15H22O2/c1-11-6-8-13(9-7-11)15(16)17-10-14-5-3-4-12(14)2/h6,13H,3-5,7-10H2,1-2H3. The molecule has 2 aliphatic rings. The van der Waals surface area contributed by atoms with Gasteiger partial charge in [-0.3, -0.25) is 4.79 Å². The van der Waals surface area contributed by atoms with Crippen LogP contribution in [0.3, 0.4) is 0 Å². The Morgan fingerprint density at radius 1 is 1.35 bits per heavy atom. The van der Waals surface area contributed by atoms with Crippen molar-refractivity contribution in [2.45, 2.75) is 52.4 Å². The van der Waals surface area contributed by atoms with Gasteiger partial charge in [0.15, 0.2) is 0 Å². The molecule has 1 atom stereocenters. The number of rotatable bonds is 3. The molecule has 0 bridgehead atoms. The molecule has 2 nitrogen and oxygen atoms in total. The second-order valence-electron chi connectivity index (χ2n) is 5.37. The van der Waals surface area contributed by atoms with E-state index in [4.69, 9.17) is 4.74 Å². The lowest BCUT2D eigenvalue weighted by atomic mass is 9.90. The van der Waals surface area contributed by atoms with Gasteiger partial charge in [-0.15, -0.1) is 0 Å². The summed E-state index contributed by atoms with van der Waals surface area (Å²) < 4.78 is 5.45. The molecule has 0 amide bonds. The monoisotopic (exact) mass is 234 g/mol. The summed E-state index contributed by atoms with van der Waals surface area (Å²) in [6.45, 7) is 4.82. The first-order valence-corrected chi connectivity index (χ1v) is 6.66. The van der Waals surface area contributed by atoms with E-state index in [9.17, 15) is 4.79 Å². The maximum atomic E-state index is 11.9. The van der Waals surface area contributed by atoms with Gasteiger partial charge < -0.3 is 4.74 Å². The number of hydrogen-bond donors (Lipinski definition) is 0. The predicted octanol–water partition coefficient (Wildman–Crippen LogP) is 3.78. The second kappa shape index (κ2) is 5.52. The quantitative estimate of drug-likeness (QED) is 0.549. The third-order valence-corrected chi connectivity index (χ3v) is 3.99. The molecular formula is C15H22O2. The molecule has 2 rings (SSSR count). The van der Waals surface area contributed by atoms with Crippen LogP contribution in [0.1, 0.15) is 52.4 Å². The van der Waals surface area contributed by atoms with Gasteiger partial charge in [0.2, 0.25) is 0 Å². The molecule has 94 valence electrons. The number of ether oxygens (including phenoxy) is 1. The van der Waals surface area contributed by atoms with Crippen LogP contribution in [0.2, 0.25) is 0 Å². The zero-order valence-corrected chi connectivity index (χ0v) is 10.9. The van der Waals surface area contributed by atoms with Gasteiger partial charge in [0.05, 0.1) is 5.92 Å². The van der Waals surface area contributed by atoms with Crippen LogP contribution in [0.25, 0.3) is 0 Å². The van der Waals surface area contributed by atoms with E-state index in [1.807, 2.05) is 0 Å². The molecule has 0 aromatic carbocycles. The van der Waals surface area contributed by atoms with E-state index in [-0.39, 0.29) is 11.9 Å². The molecule has 0 heterocycles.